The highest BCUT2D eigenvalue weighted by Gasteiger charge is 2.30. The van der Waals surface area contributed by atoms with E-state index >= 15 is 0 Å². The van der Waals surface area contributed by atoms with Gasteiger partial charge in [0.2, 0.25) is 16.0 Å². The van der Waals surface area contributed by atoms with Crippen LogP contribution in [0.2, 0.25) is 0 Å². The summed E-state index contributed by atoms with van der Waals surface area (Å²) >= 11 is 0.960. The number of amidine groups is 1. The molecule has 0 fully saturated rings. The molecule has 1 aromatic heterocycles. The first kappa shape index (κ1) is 25.8. The molecule has 0 bridgehead atoms. The summed E-state index contributed by atoms with van der Waals surface area (Å²) in [5, 5.41) is 2.56. The molecule has 15 heteroatoms. The summed E-state index contributed by atoms with van der Waals surface area (Å²) in [7, 11) is -5.77. The van der Waals surface area contributed by atoms with E-state index in [4.69, 9.17) is 9.47 Å². The van der Waals surface area contributed by atoms with Crippen LogP contribution in [0.4, 0.5) is 5.95 Å². The van der Waals surface area contributed by atoms with Gasteiger partial charge in [-0.25, -0.2) is 8.42 Å². The number of ether oxygens (including phenoxy) is 2. The van der Waals surface area contributed by atoms with Crippen molar-refractivity contribution in [2.45, 2.75) is 23.6 Å². The lowest BCUT2D eigenvalue weighted by Crippen LogP contribution is -2.31. The van der Waals surface area contributed by atoms with Gasteiger partial charge in [-0.15, -0.1) is 9.38 Å². The lowest BCUT2D eigenvalue weighted by Gasteiger charge is -2.19. The maximum atomic E-state index is 13.1. The molecule has 32 heavy (non-hydrogen) atoms. The molecule has 0 spiro atoms. The molecule has 0 radical (unpaired) electrons. The predicted octanol–water partition coefficient (Wildman–Crippen LogP) is 1.44. The Morgan fingerprint density at radius 2 is 1.53 bits per heavy atom. The molecule has 1 aromatic carbocycles. The smallest absolute Gasteiger partial charge is 0.324 e. The lowest BCUT2D eigenvalue weighted by atomic mass is 10.4. The van der Waals surface area contributed by atoms with Crippen molar-refractivity contribution in [1.82, 2.24) is 19.3 Å². The quantitative estimate of drug-likeness (QED) is 0.390. The molecule has 1 heterocycles. The van der Waals surface area contributed by atoms with Gasteiger partial charge in [-0.05, 0) is 18.4 Å². The summed E-state index contributed by atoms with van der Waals surface area (Å²) in [4.78, 5) is 11.0. The number of hydrogen-bond donors (Lipinski definition) is 1. The van der Waals surface area contributed by atoms with Gasteiger partial charge in [-0.2, -0.15) is 22.7 Å². The molecule has 0 atom stereocenters. The summed E-state index contributed by atoms with van der Waals surface area (Å²) in [5.74, 6) is -0.0685. The molecular formula is C17H24N6O6S3. The molecular weight excluding hydrogens is 480 g/mol. The highest BCUT2D eigenvalue weighted by molar-refractivity contribution is 8.14. The molecule has 0 aliphatic carbocycles. The van der Waals surface area contributed by atoms with Crippen molar-refractivity contribution in [2.75, 3.05) is 38.9 Å². The molecule has 0 aliphatic heterocycles. The zero-order valence-corrected chi connectivity index (χ0v) is 20.6. The highest BCUT2D eigenvalue weighted by atomic mass is 32.2. The van der Waals surface area contributed by atoms with Crippen molar-refractivity contribution in [1.29, 1.82) is 0 Å². The number of hydrogen-bond acceptors (Lipinski definition) is 10. The minimum atomic E-state index is -4.42. The van der Waals surface area contributed by atoms with Gasteiger partial charge in [0, 0.05) is 13.1 Å². The molecule has 12 nitrogen and oxygen atoms in total. The molecule has 0 unspecified atom stereocenters. The first-order valence-corrected chi connectivity index (χ1v) is 13.3. The topological polar surface area (TPSA) is 153 Å². The number of thioether (sulfide) groups is 1. The fraction of sp³-hybridized carbons (Fsp3) is 0.412. The SMILES string of the molecule is CCN(CC)S(=O)(=O)c1ccccc1S(=O)(=O)/N=C(/Nc1nc(OC)nc(OC)n1)SC. The summed E-state index contributed by atoms with van der Waals surface area (Å²) in [6, 6.07) is 5.21. The zero-order chi connectivity index (χ0) is 23.9. The Balaban J connectivity index is 2.52. The van der Waals surface area contributed by atoms with Crippen LogP contribution in [0.5, 0.6) is 12.0 Å². The minimum Gasteiger partial charge on any atom is -0.467 e. The number of nitrogens with one attached hydrogen (secondary N) is 1. The number of rotatable bonds is 9. The average molecular weight is 505 g/mol. The minimum absolute atomic E-state index is 0.0571. The van der Waals surface area contributed by atoms with Gasteiger partial charge in [-0.1, -0.05) is 37.7 Å². The normalized spacial score (nSPS) is 12.6. The van der Waals surface area contributed by atoms with Crippen LogP contribution in [-0.4, -0.2) is 74.8 Å². The third kappa shape index (κ3) is 5.85. The average Bonchev–Trinajstić information content (AvgIpc) is 2.78. The van der Waals surface area contributed by atoms with Gasteiger partial charge in [0.25, 0.3) is 10.0 Å². The molecule has 0 saturated heterocycles. The van der Waals surface area contributed by atoms with Gasteiger partial charge in [0.05, 0.1) is 14.2 Å². The van der Waals surface area contributed by atoms with Crippen LogP contribution in [-0.2, 0) is 20.0 Å². The zero-order valence-electron chi connectivity index (χ0n) is 18.1. The lowest BCUT2D eigenvalue weighted by molar-refractivity contribution is 0.341. The summed E-state index contributed by atoms with van der Waals surface area (Å²) in [5.41, 5.74) is 0. The molecule has 0 aliphatic rings. The third-order valence-electron chi connectivity index (χ3n) is 4.03. The Bertz CT molecular complexity index is 1160. The number of methoxy groups -OCH3 is 2. The first-order chi connectivity index (χ1) is 15.1. The standard InChI is InChI=1S/C17H24N6O6S3/c1-6-23(7-2)32(26,27)13-11-9-8-10-12(13)31(24,25)22-17(30-5)20-14-18-15(28-3)21-16(19-14)29-4/h8-11H,6-7H2,1-5H3,(H,18,19,20,21,22). The van der Waals surface area contributed by atoms with E-state index in [1.807, 2.05) is 0 Å². The van der Waals surface area contributed by atoms with E-state index in [1.165, 1.54) is 42.8 Å². The molecule has 0 saturated carbocycles. The van der Waals surface area contributed by atoms with E-state index in [0.29, 0.717) is 0 Å². The summed E-state index contributed by atoms with van der Waals surface area (Å²) in [6.45, 7) is 3.72. The van der Waals surface area contributed by atoms with Crippen LogP contribution in [0.25, 0.3) is 0 Å². The second-order valence-corrected chi connectivity index (χ2v) is 10.1. The van der Waals surface area contributed by atoms with Gasteiger partial charge in [0.1, 0.15) is 9.79 Å². The number of benzene rings is 1. The van der Waals surface area contributed by atoms with Gasteiger partial charge >= 0.3 is 12.0 Å². The summed E-state index contributed by atoms with van der Waals surface area (Å²) < 4.78 is 67.0. The third-order valence-corrected chi connectivity index (χ3v) is 8.29. The van der Waals surface area contributed by atoms with E-state index in [0.717, 1.165) is 11.8 Å². The molecule has 0 amide bonds. The maximum Gasteiger partial charge on any atom is 0.324 e. The first-order valence-electron chi connectivity index (χ1n) is 9.22. The summed E-state index contributed by atoms with van der Waals surface area (Å²) in [6.07, 6.45) is 1.58. The van der Waals surface area contributed by atoms with E-state index in [9.17, 15) is 16.8 Å². The van der Waals surface area contributed by atoms with Crippen LogP contribution >= 0.6 is 11.8 Å². The van der Waals surface area contributed by atoms with Gasteiger partial charge in [0.15, 0.2) is 5.17 Å². The number of anilines is 1. The van der Waals surface area contributed by atoms with Crippen LogP contribution in [0, 0.1) is 0 Å². The predicted molar refractivity (Wildman–Crippen MR) is 121 cm³/mol. The van der Waals surface area contributed by atoms with E-state index in [-0.39, 0.29) is 41.1 Å². The van der Waals surface area contributed by atoms with E-state index in [2.05, 4.69) is 24.7 Å². The fourth-order valence-electron chi connectivity index (χ4n) is 2.52. The molecule has 176 valence electrons. The van der Waals surface area contributed by atoms with E-state index < -0.39 is 24.9 Å². The fourth-order valence-corrected chi connectivity index (χ4v) is 6.40. The second-order valence-electron chi connectivity index (χ2n) is 5.87. The van der Waals surface area contributed by atoms with Crippen molar-refractivity contribution in [3.05, 3.63) is 24.3 Å². The molecule has 1 N–H and O–H groups in total. The Morgan fingerprint density at radius 1 is 1.00 bits per heavy atom. The molecule has 2 rings (SSSR count). The second kappa shape index (κ2) is 10.9. The van der Waals surface area contributed by atoms with Crippen molar-refractivity contribution < 1.29 is 26.3 Å². The van der Waals surface area contributed by atoms with Crippen molar-refractivity contribution in [2.24, 2.45) is 4.40 Å². The monoisotopic (exact) mass is 504 g/mol. The number of nitrogens with zero attached hydrogens (tertiary/aromatic N) is 5. The Morgan fingerprint density at radius 3 is 2.00 bits per heavy atom. The Labute approximate surface area is 191 Å². The van der Waals surface area contributed by atoms with Crippen LogP contribution < -0.4 is 14.8 Å². The van der Waals surface area contributed by atoms with Crippen LogP contribution in [0.15, 0.2) is 38.5 Å². The van der Waals surface area contributed by atoms with Crippen molar-refractivity contribution >= 4 is 42.9 Å². The molecule has 2 aromatic rings. The van der Waals surface area contributed by atoms with Crippen LogP contribution in [0.3, 0.4) is 0 Å². The Hall–Kier alpha value is -2.49. The van der Waals surface area contributed by atoms with Gasteiger partial charge < -0.3 is 14.8 Å². The number of sulfonamides is 2. The van der Waals surface area contributed by atoms with Crippen LogP contribution in [0.1, 0.15) is 13.8 Å². The largest absolute Gasteiger partial charge is 0.467 e. The van der Waals surface area contributed by atoms with E-state index in [1.54, 1.807) is 20.1 Å². The highest BCUT2D eigenvalue weighted by Crippen LogP contribution is 2.26. The van der Waals surface area contributed by atoms with Gasteiger partial charge in [-0.3, -0.25) is 0 Å². The number of aromatic nitrogens is 3. The van der Waals surface area contributed by atoms with Crippen molar-refractivity contribution in [3.8, 4) is 12.0 Å². The Kier molecular flexibility index (Phi) is 8.77. The van der Waals surface area contributed by atoms with Crippen molar-refractivity contribution in [3.63, 3.8) is 0 Å². The maximum absolute atomic E-state index is 13.1.